The molecule has 0 saturated heterocycles. The van der Waals surface area contributed by atoms with Crippen LogP contribution in [0.1, 0.15) is 27.0 Å². The number of hydrogen-bond acceptors (Lipinski definition) is 4. The number of carbonyl (C=O) groups is 3. The molecule has 0 radical (unpaired) electrons. The maximum Gasteiger partial charge on any atom is 0.251 e. The molecule has 0 aliphatic rings. The second-order valence-corrected chi connectivity index (χ2v) is 7.51. The molecule has 0 atom stereocenters. The lowest BCUT2D eigenvalue weighted by molar-refractivity contribution is -0.134. The van der Waals surface area contributed by atoms with Crippen LogP contribution >= 0.6 is 0 Å². The van der Waals surface area contributed by atoms with Gasteiger partial charge in [-0.15, -0.1) is 0 Å². The van der Waals surface area contributed by atoms with E-state index in [4.69, 9.17) is 0 Å². The average Bonchev–Trinajstić information content (AvgIpc) is 2.70. The third-order valence-electron chi connectivity index (χ3n) is 4.85. The third kappa shape index (κ3) is 6.42. The van der Waals surface area contributed by atoms with Gasteiger partial charge in [0.25, 0.3) is 5.91 Å². The number of likely N-dealkylation sites (N-methyl/N-ethyl adjacent to an activating group) is 2. The topological polar surface area (TPSA) is 81.8 Å². The van der Waals surface area contributed by atoms with Crippen LogP contribution in [0.5, 0.6) is 0 Å². The van der Waals surface area contributed by atoms with Crippen molar-refractivity contribution >= 4 is 23.4 Å². The number of amides is 3. The van der Waals surface area contributed by atoms with Crippen molar-refractivity contribution in [3.63, 3.8) is 0 Å². The first-order chi connectivity index (χ1) is 14.2. The molecule has 0 spiro atoms. The van der Waals surface area contributed by atoms with Gasteiger partial charge < -0.3 is 15.5 Å². The van der Waals surface area contributed by atoms with E-state index in [0.29, 0.717) is 12.1 Å². The van der Waals surface area contributed by atoms with Crippen molar-refractivity contribution in [2.45, 2.75) is 20.4 Å². The zero-order valence-electron chi connectivity index (χ0n) is 18.3. The van der Waals surface area contributed by atoms with E-state index in [2.05, 4.69) is 10.6 Å². The summed E-state index contributed by atoms with van der Waals surface area (Å²) in [7, 11) is 5.06. The quantitative estimate of drug-likeness (QED) is 0.699. The van der Waals surface area contributed by atoms with E-state index in [0.717, 1.165) is 22.4 Å². The zero-order chi connectivity index (χ0) is 22.3. The van der Waals surface area contributed by atoms with Crippen molar-refractivity contribution < 1.29 is 14.4 Å². The Labute approximate surface area is 178 Å². The molecule has 30 heavy (non-hydrogen) atoms. The second-order valence-electron chi connectivity index (χ2n) is 7.51. The fraction of sp³-hybridized carbons (Fsp3) is 0.348. The number of aryl methyl sites for hydroxylation is 2. The second kappa shape index (κ2) is 10.5. The number of para-hydroxylation sites is 1. The molecule has 0 aliphatic carbocycles. The Hall–Kier alpha value is -3.19. The summed E-state index contributed by atoms with van der Waals surface area (Å²) in [5.41, 5.74) is 4.35. The molecule has 0 aliphatic heterocycles. The number of rotatable bonds is 8. The van der Waals surface area contributed by atoms with Gasteiger partial charge in [-0.1, -0.05) is 30.3 Å². The van der Waals surface area contributed by atoms with Crippen LogP contribution in [-0.4, -0.2) is 61.8 Å². The van der Waals surface area contributed by atoms with Gasteiger partial charge in [0.15, 0.2) is 0 Å². The minimum absolute atomic E-state index is 0.0126. The van der Waals surface area contributed by atoms with Crippen LogP contribution in [0.3, 0.4) is 0 Å². The van der Waals surface area contributed by atoms with Gasteiger partial charge in [0.05, 0.1) is 13.1 Å². The van der Waals surface area contributed by atoms with Gasteiger partial charge in [-0.25, -0.2) is 0 Å². The Balaban J connectivity index is 1.85. The number of hydrogen-bond donors (Lipinski definition) is 2. The van der Waals surface area contributed by atoms with E-state index in [-0.39, 0.29) is 30.8 Å². The first-order valence-electron chi connectivity index (χ1n) is 9.81. The minimum atomic E-state index is -0.226. The molecule has 160 valence electrons. The van der Waals surface area contributed by atoms with Crippen LogP contribution < -0.4 is 10.6 Å². The van der Waals surface area contributed by atoms with Crippen LogP contribution in [0.4, 0.5) is 5.69 Å². The molecule has 2 aromatic rings. The number of benzene rings is 2. The molecule has 0 saturated carbocycles. The zero-order valence-corrected chi connectivity index (χ0v) is 18.3. The van der Waals surface area contributed by atoms with Gasteiger partial charge >= 0.3 is 0 Å². The number of carbonyl (C=O) groups excluding carboxylic acids is 3. The Kier molecular flexibility index (Phi) is 8.12. The lowest BCUT2D eigenvalue weighted by Gasteiger charge is -2.22. The number of anilines is 1. The molecule has 7 heteroatoms. The number of nitrogens with one attached hydrogen (secondary N) is 2. The summed E-state index contributed by atoms with van der Waals surface area (Å²) in [5, 5.41) is 5.48. The molecule has 2 N–H and O–H groups in total. The van der Waals surface area contributed by atoms with Crippen molar-refractivity contribution in [1.29, 1.82) is 0 Å². The largest absolute Gasteiger partial charge is 0.355 e. The van der Waals surface area contributed by atoms with Crippen LogP contribution in [0.25, 0.3) is 0 Å². The Morgan fingerprint density at radius 2 is 1.50 bits per heavy atom. The van der Waals surface area contributed by atoms with E-state index in [9.17, 15) is 14.4 Å². The van der Waals surface area contributed by atoms with Crippen LogP contribution in [0, 0.1) is 13.8 Å². The van der Waals surface area contributed by atoms with Crippen molar-refractivity contribution in [2.24, 2.45) is 0 Å². The van der Waals surface area contributed by atoms with Gasteiger partial charge in [0.1, 0.15) is 0 Å². The average molecular weight is 411 g/mol. The minimum Gasteiger partial charge on any atom is -0.355 e. The Morgan fingerprint density at radius 1 is 0.900 bits per heavy atom. The predicted molar refractivity (Wildman–Crippen MR) is 118 cm³/mol. The lowest BCUT2D eigenvalue weighted by atomic mass is 10.1. The smallest absolute Gasteiger partial charge is 0.251 e. The fourth-order valence-electron chi connectivity index (χ4n) is 3.12. The van der Waals surface area contributed by atoms with Crippen molar-refractivity contribution in [2.75, 3.05) is 39.5 Å². The van der Waals surface area contributed by atoms with E-state index in [1.807, 2.05) is 56.1 Å². The highest BCUT2D eigenvalue weighted by Gasteiger charge is 2.16. The van der Waals surface area contributed by atoms with E-state index in [1.165, 1.54) is 4.90 Å². The standard InChI is InChI=1S/C23H30N4O3/c1-16-7-6-8-17(2)22(16)25-20(28)14-27(5)21(29)15-26(4)13-18-9-11-19(12-10-18)23(30)24-3/h6-12H,13-15H2,1-5H3,(H,24,30)(H,25,28). The SMILES string of the molecule is CNC(=O)c1ccc(CN(C)CC(=O)N(C)CC(=O)Nc2c(C)cccc2C)cc1. The molecule has 2 rings (SSSR count). The summed E-state index contributed by atoms with van der Waals surface area (Å²) in [5.74, 6) is -0.502. The van der Waals surface area contributed by atoms with Crippen LogP contribution in [0.2, 0.25) is 0 Å². The molecular weight excluding hydrogens is 380 g/mol. The Morgan fingerprint density at radius 3 is 2.07 bits per heavy atom. The maximum atomic E-state index is 12.5. The number of nitrogens with zero attached hydrogens (tertiary/aromatic N) is 2. The predicted octanol–water partition coefficient (Wildman–Crippen LogP) is 2.19. The Bertz CT molecular complexity index is 889. The molecular formula is C23H30N4O3. The third-order valence-corrected chi connectivity index (χ3v) is 4.85. The normalized spacial score (nSPS) is 10.6. The molecule has 3 amide bonds. The van der Waals surface area contributed by atoms with Crippen molar-refractivity contribution in [3.05, 3.63) is 64.7 Å². The van der Waals surface area contributed by atoms with Crippen molar-refractivity contribution in [3.8, 4) is 0 Å². The fourth-order valence-corrected chi connectivity index (χ4v) is 3.12. The highest BCUT2D eigenvalue weighted by molar-refractivity contribution is 5.96. The summed E-state index contributed by atoms with van der Waals surface area (Å²) in [6.07, 6.45) is 0. The van der Waals surface area contributed by atoms with Gasteiger partial charge in [0.2, 0.25) is 11.8 Å². The summed E-state index contributed by atoms with van der Waals surface area (Å²) < 4.78 is 0. The first kappa shape index (κ1) is 23.1. The molecule has 0 fully saturated rings. The van der Waals surface area contributed by atoms with Gasteiger partial charge in [0, 0.05) is 31.9 Å². The van der Waals surface area contributed by atoms with Crippen LogP contribution in [0.15, 0.2) is 42.5 Å². The van der Waals surface area contributed by atoms with Crippen LogP contribution in [-0.2, 0) is 16.1 Å². The highest BCUT2D eigenvalue weighted by atomic mass is 16.2. The summed E-state index contributed by atoms with van der Waals surface area (Å²) >= 11 is 0. The molecule has 7 nitrogen and oxygen atoms in total. The highest BCUT2D eigenvalue weighted by Crippen LogP contribution is 2.19. The molecule has 0 aromatic heterocycles. The van der Waals surface area contributed by atoms with E-state index < -0.39 is 0 Å². The van der Waals surface area contributed by atoms with E-state index in [1.54, 1.807) is 26.2 Å². The maximum absolute atomic E-state index is 12.5. The molecule has 0 heterocycles. The molecule has 0 bridgehead atoms. The first-order valence-corrected chi connectivity index (χ1v) is 9.81. The summed E-state index contributed by atoms with van der Waals surface area (Å²) in [4.78, 5) is 39.8. The lowest BCUT2D eigenvalue weighted by Crippen LogP contribution is -2.40. The summed E-state index contributed by atoms with van der Waals surface area (Å²) in [6.45, 7) is 4.61. The summed E-state index contributed by atoms with van der Waals surface area (Å²) in [6, 6.07) is 13.1. The monoisotopic (exact) mass is 410 g/mol. The van der Waals surface area contributed by atoms with Gasteiger partial charge in [-0.2, -0.15) is 0 Å². The van der Waals surface area contributed by atoms with Crippen molar-refractivity contribution in [1.82, 2.24) is 15.1 Å². The van der Waals surface area contributed by atoms with Gasteiger partial charge in [-0.3, -0.25) is 19.3 Å². The molecule has 0 unspecified atom stereocenters. The van der Waals surface area contributed by atoms with E-state index >= 15 is 0 Å². The molecule has 2 aromatic carbocycles. The van der Waals surface area contributed by atoms with Gasteiger partial charge in [-0.05, 0) is 49.7 Å².